The second kappa shape index (κ2) is 7.63. The van der Waals surface area contributed by atoms with Gasteiger partial charge in [-0.3, -0.25) is 14.3 Å². The largest absolute Gasteiger partial charge is 0.361 e. The average molecular weight is 419 g/mol. The van der Waals surface area contributed by atoms with E-state index in [1.54, 1.807) is 40.2 Å². The highest BCUT2D eigenvalue weighted by atomic mass is 16.2. The van der Waals surface area contributed by atoms with Crippen molar-refractivity contribution >= 4 is 22.9 Å². The molecule has 31 heavy (non-hydrogen) atoms. The standard InChI is InChI=1S/C21H21N7O3/c29-19-16(11-13(12-24-19)15-3-1-7-22-15)25-20(30)27-9-5-14(6-10-27)28-17-4-2-8-23-18(17)26-21(28)31/h1-4,7-8,11-12,14,22H,5-6,9-10H2,(H,24,29)(H,25,30)(H,23,26,31). The summed E-state index contributed by atoms with van der Waals surface area (Å²) in [4.78, 5) is 51.7. The van der Waals surface area contributed by atoms with E-state index >= 15 is 0 Å². The Morgan fingerprint density at radius 3 is 2.74 bits per heavy atom. The normalized spacial score (nSPS) is 14.8. The number of H-pyrrole nitrogens is 3. The number of amides is 2. The first-order chi connectivity index (χ1) is 15.1. The third-order valence-electron chi connectivity index (χ3n) is 5.66. The van der Waals surface area contributed by atoms with Crippen LogP contribution in [0.15, 0.2) is 58.5 Å². The van der Waals surface area contributed by atoms with E-state index in [9.17, 15) is 14.4 Å². The molecule has 10 nitrogen and oxygen atoms in total. The summed E-state index contributed by atoms with van der Waals surface area (Å²) in [6.45, 7) is 0.953. The van der Waals surface area contributed by atoms with Crippen molar-refractivity contribution in [2.75, 3.05) is 18.4 Å². The maximum atomic E-state index is 12.8. The van der Waals surface area contributed by atoms with Gasteiger partial charge in [0.1, 0.15) is 5.69 Å². The number of likely N-dealkylation sites (tertiary alicyclic amines) is 1. The molecule has 5 rings (SSSR count). The number of urea groups is 1. The molecule has 0 aliphatic carbocycles. The van der Waals surface area contributed by atoms with E-state index in [1.165, 1.54) is 0 Å². The van der Waals surface area contributed by atoms with Crippen LogP contribution in [0.4, 0.5) is 10.5 Å². The van der Waals surface area contributed by atoms with E-state index in [-0.39, 0.29) is 29.0 Å². The molecule has 10 heteroatoms. The molecule has 158 valence electrons. The third-order valence-corrected chi connectivity index (χ3v) is 5.66. The zero-order valence-corrected chi connectivity index (χ0v) is 16.6. The average Bonchev–Trinajstić information content (AvgIpc) is 3.43. The Bertz CT molecular complexity index is 1340. The van der Waals surface area contributed by atoms with Crippen molar-refractivity contribution in [2.45, 2.75) is 18.9 Å². The van der Waals surface area contributed by atoms with Crippen LogP contribution >= 0.6 is 0 Å². The van der Waals surface area contributed by atoms with Crippen LogP contribution in [0.2, 0.25) is 0 Å². The van der Waals surface area contributed by atoms with Crippen molar-refractivity contribution in [3.8, 4) is 11.3 Å². The van der Waals surface area contributed by atoms with Gasteiger partial charge in [-0.1, -0.05) is 0 Å². The quantitative estimate of drug-likeness (QED) is 0.406. The smallest absolute Gasteiger partial charge is 0.327 e. The van der Waals surface area contributed by atoms with Gasteiger partial charge in [0.2, 0.25) is 0 Å². The predicted molar refractivity (Wildman–Crippen MR) is 116 cm³/mol. The number of carbonyl (C=O) groups is 1. The third kappa shape index (κ3) is 3.52. The summed E-state index contributed by atoms with van der Waals surface area (Å²) < 4.78 is 1.72. The zero-order valence-electron chi connectivity index (χ0n) is 16.6. The Morgan fingerprint density at radius 1 is 1.13 bits per heavy atom. The number of nitrogens with one attached hydrogen (secondary N) is 4. The Labute approximate surface area is 175 Å². The van der Waals surface area contributed by atoms with Gasteiger partial charge in [-0.25, -0.2) is 14.6 Å². The van der Waals surface area contributed by atoms with Crippen molar-refractivity contribution < 1.29 is 4.79 Å². The summed E-state index contributed by atoms with van der Waals surface area (Å²) in [6, 6.07) is 8.70. The summed E-state index contributed by atoms with van der Waals surface area (Å²) in [7, 11) is 0. The molecule has 0 saturated carbocycles. The molecule has 1 fully saturated rings. The highest BCUT2D eigenvalue weighted by Gasteiger charge is 2.26. The molecule has 5 heterocycles. The molecular weight excluding hydrogens is 398 g/mol. The first kappa shape index (κ1) is 18.9. The summed E-state index contributed by atoms with van der Waals surface area (Å²) in [5, 5.41) is 2.72. The maximum Gasteiger partial charge on any atom is 0.327 e. The lowest BCUT2D eigenvalue weighted by Crippen LogP contribution is -2.43. The van der Waals surface area contributed by atoms with Gasteiger partial charge in [-0.05, 0) is 43.2 Å². The number of rotatable bonds is 3. The molecule has 2 amide bonds. The van der Waals surface area contributed by atoms with Gasteiger partial charge in [0.15, 0.2) is 5.65 Å². The number of hydrogen-bond donors (Lipinski definition) is 4. The van der Waals surface area contributed by atoms with Crippen LogP contribution in [-0.2, 0) is 0 Å². The summed E-state index contributed by atoms with van der Waals surface area (Å²) in [5.41, 5.74) is 2.58. The molecule has 0 radical (unpaired) electrons. The fourth-order valence-corrected chi connectivity index (χ4v) is 4.08. The van der Waals surface area contributed by atoms with E-state index < -0.39 is 0 Å². The molecule has 1 saturated heterocycles. The number of fused-ring (bicyclic) bond motifs is 1. The number of hydrogen-bond acceptors (Lipinski definition) is 4. The highest BCUT2D eigenvalue weighted by molar-refractivity contribution is 5.89. The molecule has 0 spiro atoms. The topological polar surface area (TPSA) is 132 Å². The molecule has 4 aromatic rings. The first-order valence-electron chi connectivity index (χ1n) is 10.1. The van der Waals surface area contributed by atoms with Gasteiger partial charge < -0.3 is 20.2 Å². The van der Waals surface area contributed by atoms with Gasteiger partial charge in [0.25, 0.3) is 5.56 Å². The van der Waals surface area contributed by atoms with Gasteiger partial charge >= 0.3 is 11.7 Å². The van der Waals surface area contributed by atoms with E-state index in [0.717, 1.165) is 16.8 Å². The van der Waals surface area contributed by atoms with Crippen molar-refractivity contribution in [3.05, 3.63) is 69.8 Å². The molecule has 0 bridgehead atoms. The predicted octanol–water partition coefficient (Wildman–Crippen LogP) is 2.28. The summed E-state index contributed by atoms with van der Waals surface area (Å²) in [6.07, 6.45) is 6.30. The number of pyridine rings is 2. The second-order valence-corrected chi connectivity index (χ2v) is 7.53. The fourth-order valence-electron chi connectivity index (χ4n) is 4.08. The Balaban J connectivity index is 1.29. The lowest BCUT2D eigenvalue weighted by atomic mass is 10.0. The molecule has 0 unspecified atom stereocenters. The molecule has 1 aliphatic heterocycles. The van der Waals surface area contributed by atoms with E-state index in [0.29, 0.717) is 31.6 Å². The number of aromatic amines is 3. The monoisotopic (exact) mass is 419 g/mol. The van der Waals surface area contributed by atoms with Crippen LogP contribution in [0.1, 0.15) is 18.9 Å². The van der Waals surface area contributed by atoms with Crippen molar-refractivity contribution in [1.82, 2.24) is 29.4 Å². The number of piperidine rings is 1. The van der Waals surface area contributed by atoms with Gasteiger partial charge in [0, 0.05) is 49.0 Å². The van der Waals surface area contributed by atoms with Crippen LogP contribution in [0.3, 0.4) is 0 Å². The van der Waals surface area contributed by atoms with Gasteiger partial charge in [-0.15, -0.1) is 0 Å². The van der Waals surface area contributed by atoms with Crippen LogP contribution in [0, 0.1) is 0 Å². The first-order valence-corrected chi connectivity index (χ1v) is 10.1. The van der Waals surface area contributed by atoms with Crippen molar-refractivity contribution in [2.24, 2.45) is 0 Å². The minimum atomic E-state index is -0.364. The highest BCUT2D eigenvalue weighted by Crippen LogP contribution is 2.25. The molecule has 0 aromatic carbocycles. The SMILES string of the molecule is O=C(Nc1cc(-c2ccc[nH]2)c[nH]c1=O)N1CCC(n2c(=O)[nH]c3ncccc32)CC1. The minimum Gasteiger partial charge on any atom is -0.361 e. The molecule has 0 atom stereocenters. The van der Waals surface area contributed by atoms with Gasteiger partial charge in [-0.2, -0.15) is 0 Å². The molecule has 1 aliphatic rings. The van der Waals surface area contributed by atoms with E-state index in [1.807, 2.05) is 18.2 Å². The minimum absolute atomic E-state index is 0.0193. The van der Waals surface area contributed by atoms with Crippen LogP contribution in [-0.4, -0.2) is 48.5 Å². The summed E-state index contributed by atoms with van der Waals surface area (Å²) in [5.74, 6) is 0. The van der Waals surface area contributed by atoms with Crippen LogP contribution < -0.4 is 16.6 Å². The lowest BCUT2D eigenvalue weighted by Gasteiger charge is -2.32. The van der Waals surface area contributed by atoms with E-state index in [2.05, 4.69) is 25.3 Å². The van der Waals surface area contributed by atoms with E-state index in [4.69, 9.17) is 0 Å². The molecular formula is C21H21N7O3. The van der Waals surface area contributed by atoms with Crippen molar-refractivity contribution in [3.63, 3.8) is 0 Å². The van der Waals surface area contributed by atoms with Crippen LogP contribution in [0.5, 0.6) is 0 Å². The summed E-state index contributed by atoms with van der Waals surface area (Å²) >= 11 is 0. The van der Waals surface area contributed by atoms with Crippen LogP contribution in [0.25, 0.3) is 22.4 Å². The van der Waals surface area contributed by atoms with Gasteiger partial charge in [0.05, 0.1) is 5.52 Å². The number of carbonyl (C=O) groups excluding carboxylic acids is 1. The fraction of sp³-hybridized carbons (Fsp3) is 0.238. The Kier molecular flexibility index (Phi) is 4.66. The number of aromatic nitrogens is 5. The lowest BCUT2D eigenvalue weighted by molar-refractivity contribution is 0.184. The molecule has 4 aromatic heterocycles. The number of anilines is 1. The Morgan fingerprint density at radius 2 is 1.97 bits per heavy atom. The Hall–Kier alpha value is -4.08. The second-order valence-electron chi connectivity index (χ2n) is 7.53. The van der Waals surface area contributed by atoms with Crippen molar-refractivity contribution in [1.29, 1.82) is 0 Å². The number of imidazole rings is 1. The number of nitrogens with zero attached hydrogens (tertiary/aromatic N) is 3. The zero-order chi connectivity index (χ0) is 21.4. The molecule has 4 N–H and O–H groups in total. The maximum absolute atomic E-state index is 12.8.